The van der Waals surface area contributed by atoms with E-state index in [1.807, 2.05) is 18.4 Å². The number of halogens is 1. The highest BCUT2D eigenvalue weighted by Gasteiger charge is 2.15. The topological polar surface area (TPSA) is 99.9 Å². The first-order valence-corrected chi connectivity index (χ1v) is 7.52. The number of nitro benzene ring substituents is 1. The van der Waals surface area contributed by atoms with Crippen LogP contribution < -0.4 is 5.73 Å². The molecule has 1 aromatic carbocycles. The molecule has 7 nitrogen and oxygen atoms in total. The summed E-state index contributed by atoms with van der Waals surface area (Å²) in [5.74, 6) is 0.893. The van der Waals surface area contributed by atoms with Crippen LogP contribution in [0.25, 0.3) is 0 Å². The molecule has 0 fully saturated rings. The van der Waals surface area contributed by atoms with Gasteiger partial charge in [-0.3, -0.25) is 14.7 Å². The number of hydrogen-bond acceptors (Lipinski definition) is 6. The van der Waals surface area contributed by atoms with E-state index >= 15 is 0 Å². The van der Waals surface area contributed by atoms with Crippen molar-refractivity contribution in [1.82, 2.24) is 14.8 Å². The molecule has 0 amide bonds. The van der Waals surface area contributed by atoms with Crippen LogP contribution in [0, 0.1) is 10.1 Å². The van der Waals surface area contributed by atoms with E-state index in [0.717, 1.165) is 5.56 Å². The number of thioether (sulfide) groups is 1. The number of aromatic nitrogens is 3. The Kier molecular flexibility index (Phi) is 4.69. The molecule has 0 aliphatic heterocycles. The average Bonchev–Trinajstić information content (AvgIpc) is 2.78. The number of anilines is 1. The van der Waals surface area contributed by atoms with Crippen molar-refractivity contribution in [2.45, 2.75) is 30.8 Å². The van der Waals surface area contributed by atoms with Crippen LogP contribution in [-0.4, -0.2) is 19.7 Å². The number of nitrogens with zero attached hydrogens (tertiary/aromatic N) is 4. The van der Waals surface area contributed by atoms with Crippen LogP contribution in [0.1, 0.15) is 25.5 Å². The summed E-state index contributed by atoms with van der Waals surface area (Å²) in [6.45, 7) is 3.98. The van der Waals surface area contributed by atoms with E-state index in [9.17, 15) is 10.1 Å². The van der Waals surface area contributed by atoms with Gasteiger partial charge in [-0.2, -0.15) is 0 Å². The van der Waals surface area contributed by atoms with Crippen molar-refractivity contribution in [2.75, 3.05) is 5.73 Å². The SMILES string of the molecule is CC(C)n1c(N)nnc1SCc1ccc([N+](=O)[O-])cc1Cl. The summed E-state index contributed by atoms with van der Waals surface area (Å²) in [5, 5.41) is 19.6. The predicted octanol–water partition coefficient (Wildman–Crippen LogP) is 3.30. The molecule has 0 saturated carbocycles. The molecule has 0 aliphatic rings. The van der Waals surface area contributed by atoms with Gasteiger partial charge >= 0.3 is 0 Å². The van der Waals surface area contributed by atoms with Crippen LogP contribution in [0.4, 0.5) is 11.6 Å². The molecule has 0 aliphatic carbocycles. The lowest BCUT2D eigenvalue weighted by molar-refractivity contribution is -0.384. The maximum atomic E-state index is 10.7. The standard InChI is InChI=1S/C12H14ClN5O2S/c1-7(2)17-11(14)15-16-12(17)21-6-8-3-4-9(18(19)20)5-10(8)13/h3-5,7H,6H2,1-2H3,(H2,14,15). The maximum Gasteiger partial charge on any atom is 0.270 e. The maximum absolute atomic E-state index is 10.7. The minimum Gasteiger partial charge on any atom is -0.368 e. The molecule has 0 atom stereocenters. The highest BCUT2D eigenvalue weighted by molar-refractivity contribution is 7.98. The zero-order valence-corrected chi connectivity index (χ0v) is 13.1. The lowest BCUT2D eigenvalue weighted by Gasteiger charge is -2.11. The number of benzene rings is 1. The summed E-state index contributed by atoms with van der Waals surface area (Å²) in [5.41, 5.74) is 6.54. The number of rotatable bonds is 5. The molecule has 0 spiro atoms. The minimum absolute atomic E-state index is 0.0247. The van der Waals surface area contributed by atoms with Gasteiger partial charge in [0.25, 0.3) is 5.69 Å². The van der Waals surface area contributed by atoms with E-state index in [4.69, 9.17) is 17.3 Å². The molecule has 2 N–H and O–H groups in total. The van der Waals surface area contributed by atoms with Gasteiger partial charge in [0.2, 0.25) is 5.95 Å². The number of hydrogen-bond donors (Lipinski definition) is 1. The summed E-state index contributed by atoms with van der Waals surface area (Å²) < 4.78 is 1.82. The molecule has 0 radical (unpaired) electrons. The fraction of sp³-hybridized carbons (Fsp3) is 0.333. The highest BCUT2D eigenvalue weighted by Crippen LogP contribution is 2.30. The van der Waals surface area contributed by atoms with Crippen molar-refractivity contribution in [3.63, 3.8) is 0 Å². The number of nitrogens with two attached hydrogens (primary N) is 1. The number of nitro groups is 1. The lowest BCUT2D eigenvalue weighted by atomic mass is 10.2. The monoisotopic (exact) mass is 327 g/mol. The van der Waals surface area contributed by atoms with E-state index in [1.165, 1.54) is 23.9 Å². The molecule has 2 aromatic rings. The molecular formula is C12H14ClN5O2S. The second kappa shape index (κ2) is 6.31. The zero-order valence-electron chi connectivity index (χ0n) is 11.5. The van der Waals surface area contributed by atoms with Crippen LogP contribution in [0.3, 0.4) is 0 Å². The van der Waals surface area contributed by atoms with Crippen LogP contribution in [0.15, 0.2) is 23.4 Å². The van der Waals surface area contributed by atoms with Gasteiger partial charge in [-0.25, -0.2) is 0 Å². The first-order valence-electron chi connectivity index (χ1n) is 6.16. The van der Waals surface area contributed by atoms with Crippen molar-refractivity contribution in [1.29, 1.82) is 0 Å². The lowest BCUT2D eigenvalue weighted by Crippen LogP contribution is -2.07. The van der Waals surface area contributed by atoms with Crippen LogP contribution >= 0.6 is 23.4 Å². The number of nitrogen functional groups attached to an aromatic ring is 1. The molecule has 1 aromatic heterocycles. The van der Waals surface area contributed by atoms with Crippen molar-refractivity contribution in [3.05, 3.63) is 38.9 Å². The molecule has 0 saturated heterocycles. The van der Waals surface area contributed by atoms with Gasteiger partial charge in [-0.1, -0.05) is 23.4 Å². The largest absolute Gasteiger partial charge is 0.368 e. The summed E-state index contributed by atoms with van der Waals surface area (Å²) in [4.78, 5) is 10.2. The van der Waals surface area contributed by atoms with Gasteiger partial charge in [-0.05, 0) is 25.5 Å². The van der Waals surface area contributed by atoms with Crippen LogP contribution in [0.2, 0.25) is 5.02 Å². The zero-order chi connectivity index (χ0) is 15.6. The minimum atomic E-state index is -0.473. The molecule has 1 heterocycles. The van der Waals surface area contributed by atoms with Gasteiger partial charge in [-0.15, -0.1) is 10.2 Å². The number of non-ortho nitro benzene ring substituents is 1. The van der Waals surface area contributed by atoms with E-state index < -0.39 is 4.92 Å². The predicted molar refractivity (Wildman–Crippen MR) is 82.5 cm³/mol. The highest BCUT2D eigenvalue weighted by atomic mass is 35.5. The van der Waals surface area contributed by atoms with Crippen molar-refractivity contribution in [2.24, 2.45) is 0 Å². The van der Waals surface area contributed by atoms with E-state index in [-0.39, 0.29) is 11.7 Å². The molecule has 21 heavy (non-hydrogen) atoms. The third kappa shape index (κ3) is 3.45. The summed E-state index contributed by atoms with van der Waals surface area (Å²) in [6, 6.07) is 4.57. The Morgan fingerprint density at radius 1 is 1.48 bits per heavy atom. The van der Waals surface area contributed by atoms with Gasteiger partial charge < -0.3 is 5.73 Å². The van der Waals surface area contributed by atoms with Gasteiger partial charge in [0.15, 0.2) is 5.16 Å². The van der Waals surface area contributed by atoms with Crippen LogP contribution in [0.5, 0.6) is 0 Å². The van der Waals surface area contributed by atoms with Crippen molar-refractivity contribution in [3.8, 4) is 0 Å². The third-order valence-corrected chi connectivity index (χ3v) is 4.16. The average molecular weight is 328 g/mol. The molecule has 0 bridgehead atoms. The fourth-order valence-electron chi connectivity index (χ4n) is 1.78. The van der Waals surface area contributed by atoms with Gasteiger partial charge in [0.1, 0.15) is 0 Å². The van der Waals surface area contributed by atoms with E-state index in [0.29, 0.717) is 21.9 Å². The smallest absolute Gasteiger partial charge is 0.270 e. The van der Waals surface area contributed by atoms with E-state index in [2.05, 4.69) is 10.2 Å². The Balaban J connectivity index is 2.15. The second-order valence-corrected chi connectivity index (χ2v) is 5.98. The third-order valence-electron chi connectivity index (χ3n) is 2.81. The molecular weight excluding hydrogens is 314 g/mol. The van der Waals surface area contributed by atoms with Crippen LogP contribution in [-0.2, 0) is 5.75 Å². The van der Waals surface area contributed by atoms with Crippen molar-refractivity contribution >= 4 is 35.0 Å². The Labute approximate surface area is 130 Å². The molecule has 9 heteroatoms. The Bertz CT molecular complexity index is 674. The quantitative estimate of drug-likeness (QED) is 0.514. The first kappa shape index (κ1) is 15.6. The summed E-state index contributed by atoms with van der Waals surface area (Å²) in [7, 11) is 0. The van der Waals surface area contributed by atoms with Crippen molar-refractivity contribution < 1.29 is 4.92 Å². The summed E-state index contributed by atoms with van der Waals surface area (Å²) >= 11 is 7.49. The molecule has 112 valence electrons. The second-order valence-electron chi connectivity index (χ2n) is 4.63. The summed E-state index contributed by atoms with van der Waals surface area (Å²) in [6.07, 6.45) is 0. The molecule has 0 unspecified atom stereocenters. The Morgan fingerprint density at radius 3 is 2.76 bits per heavy atom. The normalized spacial score (nSPS) is 11.0. The van der Waals surface area contributed by atoms with Gasteiger partial charge in [0, 0.05) is 23.9 Å². The Hall–Kier alpha value is -1.80. The van der Waals surface area contributed by atoms with E-state index in [1.54, 1.807) is 6.07 Å². The Morgan fingerprint density at radius 2 is 2.19 bits per heavy atom. The fourth-order valence-corrected chi connectivity index (χ4v) is 3.18. The molecule has 2 rings (SSSR count). The van der Waals surface area contributed by atoms with Gasteiger partial charge in [0.05, 0.1) is 9.95 Å². The first-order chi connectivity index (χ1) is 9.90.